The minimum absolute atomic E-state index is 0.0522. The van der Waals surface area contributed by atoms with Gasteiger partial charge >= 0.3 is 0 Å². The lowest BCUT2D eigenvalue weighted by Crippen LogP contribution is -2.51. The third kappa shape index (κ3) is 3.80. The Morgan fingerprint density at radius 3 is 2.19 bits per heavy atom. The van der Waals surface area contributed by atoms with Crippen molar-refractivity contribution in [2.75, 3.05) is 26.2 Å². The van der Waals surface area contributed by atoms with Crippen molar-refractivity contribution in [2.45, 2.75) is 78.0 Å². The molecule has 1 aliphatic heterocycles. The quantitative estimate of drug-likeness (QED) is 0.780. The Morgan fingerprint density at radius 2 is 1.71 bits per heavy atom. The summed E-state index contributed by atoms with van der Waals surface area (Å²) in [5.41, 5.74) is -0.135. The topological polar surface area (TPSA) is 24.5 Å². The lowest BCUT2D eigenvalue weighted by molar-refractivity contribution is -0.0798. The third-order valence-electron chi connectivity index (χ3n) is 5.64. The van der Waals surface area contributed by atoms with Gasteiger partial charge < -0.3 is 15.0 Å². The molecule has 124 valence electrons. The van der Waals surface area contributed by atoms with Crippen LogP contribution in [0.2, 0.25) is 0 Å². The van der Waals surface area contributed by atoms with E-state index in [9.17, 15) is 0 Å². The SMILES string of the molecule is CCNC1C(CN(CC)CC2CCC2)C(C)(C)OC1(C)C. The maximum atomic E-state index is 6.42. The van der Waals surface area contributed by atoms with Crippen LogP contribution in [0.25, 0.3) is 0 Å². The number of nitrogens with one attached hydrogen (secondary N) is 1. The average molecular weight is 296 g/mol. The van der Waals surface area contributed by atoms with Gasteiger partial charge in [-0.3, -0.25) is 0 Å². The lowest BCUT2D eigenvalue weighted by Gasteiger charge is -2.37. The van der Waals surface area contributed by atoms with Gasteiger partial charge in [-0.15, -0.1) is 0 Å². The van der Waals surface area contributed by atoms with Crippen LogP contribution in [0.5, 0.6) is 0 Å². The van der Waals surface area contributed by atoms with Gasteiger partial charge in [0.1, 0.15) is 0 Å². The minimum Gasteiger partial charge on any atom is -0.368 e. The molecule has 1 N–H and O–H groups in total. The van der Waals surface area contributed by atoms with Crippen LogP contribution < -0.4 is 5.32 Å². The van der Waals surface area contributed by atoms with E-state index in [1.54, 1.807) is 0 Å². The van der Waals surface area contributed by atoms with Crippen molar-refractivity contribution in [3.63, 3.8) is 0 Å². The standard InChI is InChI=1S/C18H36N2O/c1-7-19-16-15(17(3,4)21-18(16,5)6)13-20(8-2)12-14-10-9-11-14/h14-16,19H,7-13H2,1-6H3. The zero-order chi connectivity index (χ0) is 15.7. The molecule has 0 bridgehead atoms. The van der Waals surface area contributed by atoms with Gasteiger partial charge in [0.15, 0.2) is 0 Å². The zero-order valence-electron chi connectivity index (χ0n) is 15.0. The molecule has 3 heteroatoms. The molecule has 1 heterocycles. The molecular weight excluding hydrogens is 260 g/mol. The molecule has 3 nitrogen and oxygen atoms in total. The van der Waals surface area contributed by atoms with E-state index in [1.807, 2.05) is 0 Å². The van der Waals surface area contributed by atoms with Crippen molar-refractivity contribution >= 4 is 0 Å². The van der Waals surface area contributed by atoms with Gasteiger partial charge in [-0.1, -0.05) is 20.3 Å². The van der Waals surface area contributed by atoms with E-state index < -0.39 is 0 Å². The fourth-order valence-corrected chi connectivity index (χ4v) is 4.29. The van der Waals surface area contributed by atoms with Crippen molar-refractivity contribution in [1.82, 2.24) is 10.2 Å². The lowest BCUT2D eigenvalue weighted by atomic mass is 9.81. The number of likely N-dealkylation sites (N-methyl/N-ethyl adjacent to an activating group) is 1. The summed E-state index contributed by atoms with van der Waals surface area (Å²) in [6.45, 7) is 18.1. The van der Waals surface area contributed by atoms with Crippen LogP contribution in [-0.2, 0) is 4.74 Å². The average Bonchev–Trinajstić information content (AvgIpc) is 2.49. The molecule has 2 aliphatic rings. The van der Waals surface area contributed by atoms with Crippen molar-refractivity contribution in [3.05, 3.63) is 0 Å². The first kappa shape index (κ1) is 17.2. The van der Waals surface area contributed by atoms with Crippen LogP contribution in [0.4, 0.5) is 0 Å². The smallest absolute Gasteiger partial charge is 0.0790 e. The molecule has 2 atom stereocenters. The molecule has 0 radical (unpaired) electrons. The van der Waals surface area contributed by atoms with E-state index in [1.165, 1.54) is 25.8 Å². The summed E-state index contributed by atoms with van der Waals surface area (Å²) in [6.07, 6.45) is 4.31. The number of hydrogen-bond acceptors (Lipinski definition) is 3. The highest BCUT2D eigenvalue weighted by Crippen LogP contribution is 2.42. The predicted octanol–water partition coefficient (Wildman–Crippen LogP) is 3.29. The fraction of sp³-hybridized carbons (Fsp3) is 1.00. The van der Waals surface area contributed by atoms with Gasteiger partial charge in [-0.2, -0.15) is 0 Å². The Balaban J connectivity index is 2.05. The Hall–Kier alpha value is -0.120. The van der Waals surface area contributed by atoms with Crippen LogP contribution in [0.1, 0.15) is 60.8 Å². The van der Waals surface area contributed by atoms with Crippen LogP contribution in [0, 0.1) is 11.8 Å². The summed E-state index contributed by atoms with van der Waals surface area (Å²) in [6, 6.07) is 0.438. The molecule has 21 heavy (non-hydrogen) atoms. The summed E-state index contributed by atoms with van der Waals surface area (Å²) in [4.78, 5) is 2.66. The molecule has 2 unspecified atom stereocenters. The predicted molar refractivity (Wildman–Crippen MR) is 89.7 cm³/mol. The summed E-state index contributed by atoms with van der Waals surface area (Å²) in [5.74, 6) is 1.49. The van der Waals surface area contributed by atoms with Gasteiger partial charge in [-0.25, -0.2) is 0 Å². The maximum absolute atomic E-state index is 6.42. The Morgan fingerprint density at radius 1 is 1.05 bits per heavy atom. The maximum Gasteiger partial charge on any atom is 0.0790 e. The molecule has 0 aromatic heterocycles. The van der Waals surface area contributed by atoms with Crippen LogP contribution in [-0.4, -0.2) is 48.3 Å². The van der Waals surface area contributed by atoms with Crippen molar-refractivity contribution in [2.24, 2.45) is 11.8 Å². The number of hydrogen-bond donors (Lipinski definition) is 1. The summed E-state index contributed by atoms with van der Waals surface area (Å²) in [5, 5.41) is 3.70. The molecule has 0 spiro atoms. The van der Waals surface area contributed by atoms with Crippen molar-refractivity contribution in [1.29, 1.82) is 0 Å². The van der Waals surface area contributed by atoms with E-state index in [2.05, 4.69) is 51.8 Å². The molecular formula is C18H36N2O. The molecule has 1 aliphatic carbocycles. The Kier molecular flexibility index (Phi) is 5.38. The third-order valence-corrected chi connectivity index (χ3v) is 5.64. The largest absolute Gasteiger partial charge is 0.368 e. The van der Waals surface area contributed by atoms with Gasteiger partial charge in [-0.05, 0) is 59.5 Å². The van der Waals surface area contributed by atoms with E-state index in [0.29, 0.717) is 12.0 Å². The van der Waals surface area contributed by atoms with E-state index in [-0.39, 0.29) is 11.2 Å². The Bertz CT molecular complexity index is 336. The highest BCUT2D eigenvalue weighted by molar-refractivity contribution is 5.06. The van der Waals surface area contributed by atoms with E-state index >= 15 is 0 Å². The normalized spacial score (nSPS) is 31.6. The first-order chi connectivity index (χ1) is 9.80. The number of nitrogens with zero attached hydrogens (tertiary/aromatic N) is 1. The van der Waals surface area contributed by atoms with E-state index in [0.717, 1.165) is 25.6 Å². The second-order valence-electron chi connectivity index (χ2n) is 8.10. The summed E-state index contributed by atoms with van der Waals surface area (Å²) >= 11 is 0. The second-order valence-corrected chi connectivity index (χ2v) is 8.10. The molecule has 0 aromatic rings. The molecule has 1 saturated carbocycles. The zero-order valence-corrected chi connectivity index (χ0v) is 15.0. The Labute approximate surface area is 131 Å². The molecule has 0 aromatic carbocycles. The van der Waals surface area contributed by atoms with Crippen molar-refractivity contribution in [3.8, 4) is 0 Å². The van der Waals surface area contributed by atoms with Crippen LogP contribution in [0.3, 0.4) is 0 Å². The number of rotatable bonds is 7. The van der Waals surface area contributed by atoms with Gasteiger partial charge in [0, 0.05) is 25.0 Å². The number of ether oxygens (including phenoxy) is 1. The first-order valence-corrected chi connectivity index (χ1v) is 8.96. The fourth-order valence-electron chi connectivity index (χ4n) is 4.29. The highest BCUT2D eigenvalue weighted by Gasteiger charge is 2.53. The van der Waals surface area contributed by atoms with Crippen LogP contribution in [0.15, 0.2) is 0 Å². The van der Waals surface area contributed by atoms with Gasteiger partial charge in [0.2, 0.25) is 0 Å². The summed E-state index contributed by atoms with van der Waals surface area (Å²) in [7, 11) is 0. The second kappa shape index (κ2) is 6.55. The molecule has 1 saturated heterocycles. The first-order valence-electron chi connectivity index (χ1n) is 8.96. The highest BCUT2D eigenvalue weighted by atomic mass is 16.5. The summed E-state index contributed by atoms with van der Waals surface area (Å²) < 4.78 is 6.42. The molecule has 2 fully saturated rings. The monoisotopic (exact) mass is 296 g/mol. The van der Waals surface area contributed by atoms with Gasteiger partial charge in [0.25, 0.3) is 0 Å². The van der Waals surface area contributed by atoms with E-state index in [4.69, 9.17) is 4.74 Å². The molecule has 2 rings (SSSR count). The van der Waals surface area contributed by atoms with Crippen molar-refractivity contribution < 1.29 is 4.74 Å². The van der Waals surface area contributed by atoms with Crippen LogP contribution >= 0.6 is 0 Å². The molecule has 0 amide bonds. The van der Waals surface area contributed by atoms with Gasteiger partial charge in [0.05, 0.1) is 11.2 Å². The minimum atomic E-state index is -0.0833.